The van der Waals surface area contributed by atoms with Crippen molar-refractivity contribution in [2.45, 2.75) is 32.9 Å². The molecule has 3 aromatic rings. The Labute approximate surface area is 150 Å². The predicted octanol–water partition coefficient (Wildman–Crippen LogP) is 3.74. The number of benzene rings is 2. The fourth-order valence-electron chi connectivity index (χ4n) is 2.69. The molecule has 3 rings (SSSR count). The van der Waals surface area contributed by atoms with Gasteiger partial charge in [0.25, 0.3) is 0 Å². The molecule has 0 fully saturated rings. The Hall–Kier alpha value is -3.15. The summed E-state index contributed by atoms with van der Waals surface area (Å²) in [6.45, 7) is 3.81. The highest BCUT2D eigenvalue weighted by atomic mass is 16.5. The fourth-order valence-corrected chi connectivity index (χ4v) is 2.69. The van der Waals surface area contributed by atoms with E-state index in [4.69, 9.17) is 9.15 Å². The van der Waals surface area contributed by atoms with Crippen LogP contribution in [0.3, 0.4) is 0 Å². The maximum absolute atomic E-state index is 12.3. The Bertz CT molecular complexity index is 966. The first-order chi connectivity index (χ1) is 12.6. The molecular formula is C20H20N2O4. The van der Waals surface area contributed by atoms with Gasteiger partial charge in [0, 0.05) is 0 Å². The maximum atomic E-state index is 12.3. The smallest absolute Gasteiger partial charge is 0.408 e. The van der Waals surface area contributed by atoms with Crippen LogP contribution in [0.25, 0.3) is 10.9 Å². The van der Waals surface area contributed by atoms with E-state index in [-0.39, 0.29) is 12.5 Å². The molecule has 134 valence electrons. The summed E-state index contributed by atoms with van der Waals surface area (Å²) in [7, 11) is 0. The van der Waals surface area contributed by atoms with Crippen molar-refractivity contribution < 1.29 is 13.9 Å². The molecule has 1 amide bonds. The summed E-state index contributed by atoms with van der Waals surface area (Å²) in [5, 5.41) is 3.11. The quantitative estimate of drug-likeness (QED) is 0.756. The van der Waals surface area contributed by atoms with E-state index >= 15 is 0 Å². The van der Waals surface area contributed by atoms with Crippen molar-refractivity contribution in [1.29, 1.82) is 0 Å². The highest BCUT2D eigenvalue weighted by molar-refractivity contribution is 5.80. The van der Waals surface area contributed by atoms with E-state index in [0.29, 0.717) is 17.3 Å². The normalized spacial score (nSPS) is 11.9. The lowest BCUT2D eigenvalue weighted by Gasteiger charge is -2.13. The van der Waals surface area contributed by atoms with E-state index in [0.717, 1.165) is 11.1 Å². The van der Waals surface area contributed by atoms with Crippen LogP contribution in [-0.4, -0.2) is 11.1 Å². The molecule has 0 bridgehead atoms. The average molecular weight is 352 g/mol. The molecule has 26 heavy (non-hydrogen) atoms. The molecule has 0 aliphatic heterocycles. The molecule has 0 radical (unpaired) electrons. The first-order valence-electron chi connectivity index (χ1n) is 8.48. The van der Waals surface area contributed by atoms with Crippen molar-refractivity contribution in [3.05, 3.63) is 76.0 Å². The lowest BCUT2D eigenvalue weighted by Crippen LogP contribution is -2.28. The van der Waals surface area contributed by atoms with Gasteiger partial charge in [-0.2, -0.15) is 0 Å². The van der Waals surface area contributed by atoms with Crippen LogP contribution in [0.4, 0.5) is 4.79 Å². The average Bonchev–Trinajstić information content (AvgIpc) is 2.66. The number of hydrogen-bond acceptors (Lipinski definition) is 5. The number of aryl methyl sites for hydroxylation is 1. The van der Waals surface area contributed by atoms with Crippen LogP contribution in [0.2, 0.25) is 0 Å². The van der Waals surface area contributed by atoms with Crippen LogP contribution >= 0.6 is 0 Å². The Morgan fingerprint density at radius 2 is 1.96 bits per heavy atom. The van der Waals surface area contributed by atoms with E-state index in [1.807, 2.05) is 49.4 Å². The maximum Gasteiger partial charge on any atom is 0.408 e. The number of alkyl carbamates (subject to hydrolysis) is 1. The summed E-state index contributed by atoms with van der Waals surface area (Å²) in [4.78, 5) is 28.7. The lowest BCUT2D eigenvalue weighted by atomic mass is 10.1. The molecule has 0 aliphatic rings. The largest absolute Gasteiger partial charge is 0.445 e. The fraction of sp³-hybridized carbons (Fsp3) is 0.250. The third-order valence-electron chi connectivity index (χ3n) is 4.06. The summed E-state index contributed by atoms with van der Waals surface area (Å²) in [5.41, 5.74) is 1.88. The highest BCUT2D eigenvalue weighted by Gasteiger charge is 2.17. The van der Waals surface area contributed by atoms with Crippen LogP contribution in [0.15, 0.2) is 57.7 Å². The van der Waals surface area contributed by atoms with Crippen molar-refractivity contribution in [1.82, 2.24) is 10.3 Å². The number of nitrogens with one attached hydrogen (secondary N) is 1. The number of nitrogens with zero attached hydrogens (tertiary/aromatic N) is 1. The molecule has 0 aliphatic carbocycles. The molecule has 2 aromatic carbocycles. The molecule has 0 saturated heterocycles. The third-order valence-corrected chi connectivity index (χ3v) is 4.06. The van der Waals surface area contributed by atoms with Gasteiger partial charge in [0.1, 0.15) is 12.6 Å². The summed E-state index contributed by atoms with van der Waals surface area (Å²) in [6.07, 6.45) is 0.108. The van der Waals surface area contributed by atoms with Gasteiger partial charge in [-0.3, -0.25) is 0 Å². The Kier molecular flexibility index (Phi) is 5.31. The number of rotatable bonds is 5. The Morgan fingerprint density at radius 3 is 2.69 bits per heavy atom. The van der Waals surface area contributed by atoms with Crippen molar-refractivity contribution in [2.24, 2.45) is 0 Å². The molecule has 1 aromatic heterocycles. The van der Waals surface area contributed by atoms with Crippen LogP contribution in [0.5, 0.6) is 0 Å². The summed E-state index contributed by atoms with van der Waals surface area (Å²) >= 11 is 0. The molecular weight excluding hydrogens is 332 g/mol. The minimum atomic E-state index is -0.604. The number of ether oxygens (including phenoxy) is 1. The number of carbonyl (C=O) groups is 1. The zero-order chi connectivity index (χ0) is 18.5. The second-order valence-corrected chi connectivity index (χ2v) is 5.93. The second kappa shape index (κ2) is 7.82. The van der Waals surface area contributed by atoms with Crippen molar-refractivity contribution in [3.8, 4) is 0 Å². The van der Waals surface area contributed by atoms with Crippen LogP contribution in [-0.2, 0) is 17.8 Å². The van der Waals surface area contributed by atoms with Gasteiger partial charge in [0.2, 0.25) is 5.89 Å². The summed E-state index contributed by atoms with van der Waals surface area (Å²) in [5.74, 6) is 0.146. The van der Waals surface area contributed by atoms with Gasteiger partial charge in [0.05, 0.1) is 10.9 Å². The van der Waals surface area contributed by atoms with Crippen LogP contribution in [0, 0.1) is 0 Å². The molecule has 6 nitrogen and oxygen atoms in total. The predicted molar refractivity (Wildman–Crippen MR) is 97.8 cm³/mol. The van der Waals surface area contributed by atoms with Crippen molar-refractivity contribution >= 4 is 17.0 Å². The van der Waals surface area contributed by atoms with Gasteiger partial charge in [-0.25, -0.2) is 14.6 Å². The van der Waals surface area contributed by atoms with Gasteiger partial charge in [-0.05, 0) is 30.5 Å². The molecule has 1 N–H and O–H groups in total. The van der Waals surface area contributed by atoms with Crippen molar-refractivity contribution in [3.63, 3.8) is 0 Å². The third kappa shape index (κ3) is 3.91. The van der Waals surface area contributed by atoms with Gasteiger partial charge in [-0.1, -0.05) is 49.4 Å². The van der Waals surface area contributed by atoms with Crippen LogP contribution in [0.1, 0.15) is 36.9 Å². The standard InChI is InChI=1S/C20H20N2O4/c1-3-15-10-7-11-16-17(15)19(23)26-18(22-16)13(2)21-20(24)25-12-14-8-5-4-6-9-14/h4-11,13H,3,12H2,1-2H3,(H,21,24)/t13-/m0/s1. The number of carbonyl (C=O) groups excluding carboxylic acids is 1. The number of fused-ring (bicyclic) bond motifs is 1. The molecule has 1 atom stereocenters. The minimum Gasteiger partial charge on any atom is -0.445 e. The SMILES string of the molecule is CCc1cccc2nc([C@H](C)NC(=O)OCc3ccccc3)oc(=O)c12. The first kappa shape index (κ1) is 17.7. The van der Waals surface area contributed by atoms with E-state index in [1.54, 1.807) is 13.0 Å². The molecule has 6 heteroatoms. The van der Waals surface area contributed by atoms with E-state index in [1.165, 1.54) is 0 Å². The van der Waals surface area contributed by atoms with E-state index in [9.17, 15) is 9.59 Å². The van der Waals surface area contributed by atoms with Gasteiger partial charge >= 0.3 is 11.7 Å². The van der Waals surface area contributed by atoms with E-state index < -0.39 is 17.8 Å². The zero-order valence-electron chi connectivity index (χ0n) is 14.7. The van der Waals surface area contributed by atoms with Crippen LogP contribution < -0.4 is 10.9 Å². The number of hydrogen-bond donors (Lipinski definition) is 1. The van der Waals surface area contributed by atoms with E-state index in [2.05, 4.69) is 10.3 Å². The second-order valence-electron chi connectivity index (χ2n) is 5.93. The van der Waals surface area contributed by atoms with Gasteiger partial charge in [-0.15, -0.1) is 0 Å². The summed E-state index contributed by atoms with van der Waals surface area (Å²) in [6, 6.07) is 14.3. The Morgan fingerprint density at radius 1 is 1.19 bits per heavy atom. The minimum absolute atomic E-state index is 0.146. The molecule has 0 saturated carbocycles. The first-order valence-corrected chi connectivity index (χ1v) is 8.48. The lowest BCUT2D eigenvalue weighted by molar-refractivity contribution is 0.134. The summed E-state index contributed by atoms with van der Waals surface area (Å²) < 4.78 is 10.5. The Balaban J connectivity index is 1.72. The van der Waals surface area contributed by atoms with Gasteiger partial charge in [0.15, 0.2) is 0 Å². The number of amides is 1. The molecule has 1 heterocycles. The highest BCUT2D eigenvalue weighted by Crippen LogP contribution is 2.17. The monoisotopic (exact) mass is 352 g/mol. The van der Waals surface area contributed by atoms with Crippen molar-refractivity contribution in [2.75, 3.05) is 0 Å². The zero-order valence-corrected chi connectivity index (χ0v) is 14.7. The topological polar surface area (TPSA) is 81.4 Å². The number of aromatic nitrogens is 1. The molecule has 0 unspecified atom stereocenters. The molecule has 0 spiro atoms. The van der Waals surface area contributed by atoms with Gasteiger partial charge < -0.3 is 14.5 Å².